The second-order valence-electron chi connectivity index (χ2n) is 3.99. The van der Waals surface area contributed by atoms with E-state index in [0.29, 0.717) is 0 Å². The summed E-state index contributed by atoms with van der Waals surface area (Å²) in [5.41, 5.74) is 10.4. The van der Waals surface area contributed by atoms with Crippen molar-refractivity contribution in [1.82, 2.24) is 0 Å². The average molecular weight is 174 g/mol. The predicted octanol–water partition coefficient (Wildman–Crippen LogP) is 1.45. The molecule has 2 heterocycles. The maximum absolute atomic E-state index is 6.08. The highest BCUT2D eigenvalue weighted by Gasteiger charge is 2.28. The standard InChI is InChI=1S/C11H14N2/c12-10-5-7-13-6-4-8-2-1-3-9(10)11(8)13/h1-3,10H,4-7,12H2. The van der Waals surface area contributed by atoms with Gasteiger partial charge in [0.05, 0.1) is 0 Å². The van der Waals surface area contributed by atoms with Gasteiger partial charge in [-0.05, 0) is 24.0 Å². The maximum atomic E-state index is 6.08. The van der Waals surface area contributed by atoms with Crippen molar-refractivity contribution in [1.29, 1.82) is 0 Å². The van der Waals surface area contributed by atoms with Crippen molar-refractivity contribution in [2.45, 2.75) is 18.9 Å². The van der Waals surface area contributed by atoms with Crippen LogP contribution in [0.3, 0.4) is 0 Å². The van der Waals surface area contributed by atoms with Gasteiger partial charge in [-0.2, -0.15) is 0 Å². The molecule has 68 valence electrons. The molecule has 1 aromatic carbocycles. The minimum Gasteiger partial charge on any atom is -0.371 e. The molecule has 0 saturated heterocycles. The molecule has 0 fully saturated rings. The molecular weight excluding hydrogens is 160 g/mol. The molecule has 2 nitrogen and oxygen atoms in total. The van der Waals surface area contributed by atoms with Crippen molar-refractivity contribution in [3.8, 4) is 0 Å². The van der Waals surface area contributed by atoms with E-state index >= 15 is 0 Å². The molecule has 1 atom stereocenters. The highest BCUT2D eigenvalue weighted by molar-refractivity contribution is 5.65. The molecule has 3 rings (SSSR count). The van der Waals surface area contributed by atoms with Gasteiger partial charge in [-0.15, -0.1) is 0 Å². The molecule has 0 aromatic heterocycles. The van der Waals surface area contributed by atoms with Crippen molar-refractivity contribution in [2.75, 3.05) is 18.0 Å². The smallest absolute Gasteiger partial charge is 0.0447 e. The Labute approximate surface area is 78.3 Å². The first kappa shape index (κ1) is 7.39. The van der Waals surface area contributed by atoms with E-state index in [1.807, 2.05) is 0 Å². The van der Waals surface area contributed by atoms with E-state index in [4.69, 9.17) is 5.73 Å². The molecule has 0 spiro atoms. The second-order valence-corrected chi connectivity index (χ2v) is 3.99. The van der Waals surface area contributed by atoms with E-state index in [0.717, 1.165) is 13.0 Å². The molecule has 0 radical (unpaired) electrons. The fourth-order valence-electron chi connectivity index (χ4n) is 2.54. The third kappa shape index (κ3) is 0.923. The molecular formula is C11H14N2. The first-order valence-corrected chi connectivity index (χ1v) is 4.98. The number of nitrogens with zero attached hydrogens (tertiary/aromatic N) is 1. The summed E-state index contributed by atoms with van der Waals surface area (Å²) in [4.78, 5) is 2.48. The quantitative estimate of drug-likeness (QED) is 0.645. The van der Waals surface area contributed by atoms with Crippen molar-refractivity contribution in [3.63, 3.8) is 0 Å². The van der Waals surface area contributed by atoms with Crippen LogP contribution in [0.4, 0.5) is 5.69 Å². The van der Waals surface area contributed by atoms with Crippen LogP contribution in [0.5, 0.6) is 0 Å². The highest BCUT2D eigenvalue weighted by Crippen LogP contribution is 2.38. The van der Waals surface area contributed by atoms with E-state index in [1.54, 1.807) is 0 Å². The summed E-state index contributed by atoms with van der Waals surface area (Å²) in [6.07, 6.45) is 2.31. The third-order valence-corrected chi connectivity index (χ3v) is 3.23. The average Bonchev–Trinajstić information content (AvgIpc) is 2.57. The highest BCUT2D eigenvalue weighted by atomic mass is 15.2. The van der Waals surface area contributed by atoms with Crippen LogP contribution < -0.4 is 10.6 Å². The lowest BCUT2D eigenvalue weighted by Gasteiger charge is -2.30. The Kier molecular flexibility index (Phi) is 1.41. The summed E-state index contributed by atoms with van der Waals surface area (Å²) < 4.78 is 0. The Morgan fingerprint density at radius 3 is 3.15 bits per heavy atom. The molecule has 1 unspecified atom stereocenters. The Hall–Kier alpha value is -1.02. The summed E-state index contributed by atoms with van der Waals surface area (Å²) >= 11 is 0. The summed E-state index contributed by atoms with van der Waals surface area (Å²) in [7, 11) is 0. The number of benzene rings is 1. The van der Waals surface area contributed by atoms with Gasteiger partial charge >= 0.3 is 0 Å². The normalized spacial score (nSPS) is 24.7. The minimum atomic E-state index is 0.268. The summed E-state index contributed by atoms with van der Waals surface area (Å²) in [6, 6.07) is 6.82. The number of para-hydroxylation sites is 1. The Balaban J connectivity index is 2.22. The molecule has 2 N–H and O–H groups in total. The Morgan fingerprint density at radius 1 is 1.31 bits per heavy atom. The molecule has 0 saturated carbocycles. The van der Waals surface area contributed by atoms with Gasteiger partial charge in [0.1, 0.15) is 0 Å². The van der Waals surface area contributed by atoms with E-state index in [-0.39, 0.29) is 6.04 Å². The molecule has 0 amide bonds. The van der Waals surface area contributed by atoms with Gasteiger partial charge in [-0.25, -0.2) is 0 Å². The van der Waals surface area contributed by atoms with Gasteiger partial charge in [0.25, 0.3) is 0 Å². The van der Waals surface area contributed by atoms with Gasteiger partial charge in [-0.1, -0.05) is 18.2 Å². The second kappa shape index (κ2) is 2.48. The Bertz CT molecular complexity index is 346. The van der Waals surface area contributed by atoms with Crippen molar-refractivity contribution in [2.24, 2.45) is 5.73 Å². The van der Waals surface area contributed by atoms with Gasteiger partial charge in [0.15, 0.2) is 0 Å². The Morgan fingerprint density at radius 2 is 2.23 bits per heavy atom. The van der Waals surface area contributed by atoms with Crippen LogP contribution in [0.25, 0.3) is 0 Å². The number of nitrogens with two attached hydrogens (primary N) is 1. The predicted molar refractivity (Wildman–Crippen MR) is 53.9 cm³/mol. The molecule has 0 bridgehead atoms. The van der Waals surface area contributed by atoms with Gasteiger partial charge in [0, 0.05) is 24.8 Å². The van der Waals surface area contributed by atoms with Crippen LogP contribution >= 0.6 is 0 Å². The van der Waals surface area contributed by atoms with Crippen LogP contribution in [-0.4, -0.2) is 13.1 Å². The minimum absolute atomic E-state index is 0.268. The first-order chi connectivity index (χ1) is 6.36. The van der Waals surface area contributed by atoms with Crippen molar-refractivity contribution < 1.29 is 0 Å². The molecule has 13 heavy (non-hydrogen) atoms. The number of rotatable bonds is 0. The number of hydrogen-bond acceptors (Lipinski definition) is 2. The van der Waals surface area contributed by atoms with E-state index in [9.17, 15) is 0 Å². The summed E-state index contributed by atoms with van der Waals surface area (Å²) in [5, 5.41) is 0. The maximum Gasteiger partial charge on any atom is 0.0447 e. The largest absolute Gasteiger partial charge is 0.371 e. The van der Waals surface area contributed by atoms with Crippen molar-refractivity contribution >= 4 is 5.69 Å². The zero-order valence-electron chi connectivity index (χ0n) is 7.66. The van der Waals surface area contributed by atoms with Crippen molar-refractivity contribution in [3.05, 3.63) is 29.3 Å². The molecule has 1 aromatic rings. The monoisotopic (exact) mass is 174 g/mol. The van der Waals surface area contributed by atoms with Gasteiger partial charge in [0.2, 0.25) is 0 Å². The number of anilines is 1. The van der Waals surface area contributed by atoms with Gasteiger partial charge in [-0.3, -0.25) is 0 Å². The van der Waals surface area contributed by atoms with Gasteiger partial charge < -0.3 is 10.6 Å². The lowest BCUT2D eigenvalue weighted by Crippen LogP contribution is -2.31. The zero-order chi connectivity index (χ0) is 8.84. The molecule has 2 aliphatic rings. The van der Waals surface area contributed by atoms with Crippen LogP contribution in [0.1, 0.15) is 23.6 Å². The summed E-state index contributed by atoms with van der Waals surface area (Å²) in [6.45, 7) is 2.34. The SMILES string of the molecule is NC1CCN2CCc3cccc1c32. The van der Waals surface area contributed by atoms with E-state index in [1.165, 1.54) is 29.8 Å². The third-order valence-electron chi connectivity index (χ3n) is 3.23. The lowest BCUT2D eigenvalue weighted by molar-refractivity contribution is 0.606. The molecule has 2 aliphatic heterocycles. The number of hydrogen-bond donors (Lipinski definition) is 1. The lowest BCUT2D eigenvalue weighted by atomic mass is 9.96. The van der Waals surface area contributed by atoms with Crippen LogP contribution in [0, 0.1) is 0 Å². The van der Waals surface area contributed by atoms with Crippen LogP contribution in [0.15, 0.2) is 18.2 Å². The molecule has 0 aliphatic carbocycles. The zero-order valence-corrected chi connectivity index (χ0v) is 7.66. The van der Waals surface area contributed by atoms with Crippen LogP contribution in [-0.2, 0) is 6.42 Å². The van der Waals surface area contributed by atoms with E-state index < -0.39 is 0 Å². The summed E-state index contributed by atoms with van der Waals surface area (Å²) in [5.74, 6) is 0. The van der Waals surface area contributed by atoms with Crippen LogP contribution in [0.2, 0.25) is 0 Å². The first-order valence-electron chi connectivity index (χ1n) is 4.98. The fourth-order valence-corrected chi connectivity index (χ4v) is 2.54. The fraction of sp³-hybridized carbons (Fsp3) is 0.455. The molecule has 2 heteroatoms. The topological polar surface area (TPSA) is 29.3 Å². The van der Waals surface area contributed by atoms with E-state index in [2.05, 4.69) is 23.1 Å².